The van der Waals surface area contributed by atoms with Crippen LogP contribution >= 0.6 is 24.2 Å². The first kappa shape index (κ1) is 18.4. The standard InChI is InChI=1S/C17H30N2OS.ClH/c1-3-21-16-7-6-15(11-16)19(2)17(20)10-12-8-13-4-5-14(9-12)18-13;/h12-16,18H,3-11H2,1-2H3;1H. The number of fused-ring (bicyclic) bond motifs is 2. The van der Waals surface area contributed by atoms with Crippen LogP contribution < -0.4 is 5.32 Å². The summed E-state index contributed by atoms with van der Waals surface area (Å²) in [4.78, 5) is 14.7. The molecule has 3 fully saturated rings. The highest BCUT2D eigenvalue weighted by atomic mass is 35.5. The van der Waals surface area contributed by atoms with Crippen LogP contribution in [0.15, 0.2) is 0 Å². The Bertz CT molecular complexity index is 370. The fourth-order valence-corrected chi connectivity index (χ4v) is 5.73. The molecule has 1 N–H and O–H groups in total. The van der Waals surface area contributed by atoms with E-state index < -0.39 is 0 Å². The van der Waals surface area contributed by atoms with Crippen molar-refractivity contribution in [2.75, 3.05) is 12.8 Å². The average Bonchev–Trinajstić information content (AvgIpc) is 3.05. The van der Waals surface area contributed by atoms with Crippen LogP contribution in [0.25, 0.3) is 0 Å². The lowest BCUT2D eigenvalue weighted by atomic mass is 9.89. The van der Waals surface area contributed by atoms with E-state index in [1.807, 2.05) is 7.05 Å². The van der Waals surface area contributed by atoms with E-state index in [4.69, 9.17) is 0 Å². The zero-order chi connectivity index (χ0) is 14.8. The van der Waals surface area contributed by atoms with Gasteiger partial charge in [0.1, 0.15) is 0 Å². The van der Waals surface area contributed by atoms with E-state index >= 15 is 0 Å². The summed E-state index contributed by atoms with van der Waals surface area (Å²) in [6, 6.07) is 1.90. The predicted molar refractivity (Wildman–Crippen MR) is 96.9 cm³/mol. The Morgan fingerprint density at radius 2 is 1.82 bits per heavy atom. The van der Waals surface area contributed by atoms with E-state index in [0.29, 0.717) is 30.0 Å². The molecular weight excluding hydrogens is 316 g/mol. The zero-order valence-corrected chi connectivity index (χ0v) is 15.6. The van der Waals surface area contributed by atoms with Crippen molar-refractivity contribution in [3.8, 4) is 0 Å². The molecule has 2 heterocycles. The molecule has 2 saturated heterocycles. The van der Waals surface area contributed by atoms with Crippen molar-refractivity contribution in [2.24, 2.45) is 5.92 Å². The molecule has 4 atom stereocenters. The van der Waals surface area contributed by atoms with Crippen LogP contribution in [0, 0.1) is 5.92 Å². The number of carbonyl (C=O) groups excluding carboxylic acids is 1. The number of halogens is 1. The molecule has 1 aliphatic carbocycles. The zero-order valence-electron chi connectivity index (χ0n) is 13.9. The Kier molecular flexibility index (Phi) is 6.91. The Morgan fingerprint density at radius 3 is 2.45 bits per heavy atom. The highest BCUT2D eigenvalue weighted by Crippen LogP contribution is 2.35. The smallest absolute Gasteiger partial charge is 0.222 e. The van der Waals surface area contributed by atoms with Crippen molar-refractivity contribution in [1.82, 2.24) is 10.2 Å². The maximum absolute atomic E-state index is 12.6. The topological polar surface area (TPSA) is 32.3 Å². The monoisotopic (exact) mass is 346 g/mol. The lowest BCUT2D eigenvalue weighted by Crippen LogP contribution is -2.41. The van der Waals surface area contributed by atoms with Gasteiger partial charge in [0, 0.05) is 36.8 Å². The molecule has 128 valence electrons. The van der Waals surface area contributed by atoms with Crippen LogP contribution in [-0.4, -0.2) is 47.0 Å². The fourth-order valence-electron chi connectivity index (χ4n) is 4.59. The second-order valence-corrected chi connectivity index (χ2v) is 8.81. The van der Waals surface area contributed by atoms with Crippen molar-refractivity contribution < 1.29 is 4.79 Å². The molecule has 1 amide bonds. The number of nitrogens with one attached hydrogen (secondary N) is 1. The van der Waals surface area contributed by atoms with Crippen LogP contribution in [0.1, 0.15) is 58.3 Å². The molecule has 2 bridgehead atoms. The summed E-state index contributed by atoms with van der Waals surface area (Å²) in [5.41, 5.74) is 0. The number of piperidine rings is 1. The summed E-state index contributed by atoms with van der Waals surface area (Å²) in [5, 5.41) is 4.45. The van der Waals surface area contributed by atoms with E-state index in [9.17, 15) is 4.79 Å². The Morgan fingerprint density at radius 1 is 1.14 bits per heavy atom. The lowest BCUT2D eigenvalue weighted by molar-refractivity contribution is -0.133. The van der Waals surface area contributed by atoms with E-state index in [2.05, 4.69) is 28.9 Å². The van der Waals surface area contributed by atoms with Crippen LogP contribution in [0.3, 0.4) is 0 Å². The van der Waals surface area contributed by atoms with Gasteiger partial charge in [0.15, 0.2) is 0 Å². The molecule has 0 aromatic rings. The molecular formula is C17H31ClN2OS. The van der Waals surface area contributed by atoms with Gasteiger partial charge in [-0.1, -0.05) is 6.92 Å². The maximum Gasteiger partial charge on any atom is 0.222 e. The van der Waals surface area contributed by atoms with Gasteiger partial charge in [0.05, 0.1) is 0 Å². The van der Waals surface area contributed by atoms with E-state index in [-0.39, 0.29) is 12.4 Å². The van der Waals surface area contributed by atoms with Crippen molar-refractivity contribution in [3.05, 3.63) is 0 Å². The van der Waals surface area contributed by atoms with Gasteiger partial charge in [0.25, 0.3) is 0 Å². The highest BCUT2D eigenvalue weighted by molar-refractivity contribution is 7.99. The first-order valence-electron chi connectivity index (χ1n) is 8.79. The predicted octanol–water partition coefficient (Wildman–Crippen LogP) is 3.46. The highest BCUT2D eigenvalue weighted by Gasteiger charge is 2.36. The average molecular weight is 347 g/mol. The molecule has 3 rings (SSSR count). The van der Waals surface area contributed by atoms with Gasteiger partial charge in [0.2, 0.25) is 5.91 Å². The molecule has 3 nitrogen and oxygen atoms in total. The number of carbonyl (C=O) groups is 1. The van der Waals surface area contributed by atoms with Crippen LogP contribution in [0.4, 0.5) is 0 Å². The van der Waals surface area contributed by atoms with E-state index in [1.54, 1.807) is 0 Å². The first-order valence-corrected chi connectivity index (χ1v) is 9.84. The van der Waals surface area contributed by atoms with Gasteiger partial charge in [-0.3, -0.25) is 4.79 Å². The molecule has 3 aliphatic rings. The molecule has 4 unspecified atom stereocenters. The summed E-state index contributed by atoms with van der Waals surface area (Å²) < 4.78 is 0. The number of hydrogen-bond donors (Lipinski definition) is 1. The van der Waals surface area contributed by atoms with Crippen molar-refractivity contribution in [3.63, 3.8) is 0 Å². The third-order valence-corrected chi connectivity index (χ3v) is 6.97. The number of thioether (sulfide) groups is 1. The quantitative estimate of drug-likeness (QED) is 0.827. The molecule has 0 aromatic carbocycles. The molecule has 0 radical (unpaired) electrons. The normalized spacial score (nSPS) is 36.9. The van der Waals surface area contributed by atoms with E-state index in [1.165, 1.54) is 50.7 Å². The maximum atomic E-state index is 12.6. The molecule has 22 heavy (non-hydrogen) atoms. The number of amides is 1. The largest absolute Gasteiger partial charge is 0.343 e. The van der Waals surface area contributed by atoms with E-state index in [0.717, 1.165) is 11.7 Å². The summed E-state index contributed by atoms with van der Waals surface area (Å²) in [6.45, 7) is 2.23. The summed E-state index contributed by atoms with van der Waals surface area (Å²) in [6.07, 6.45) is 9.57. The second kappa shape index (κ2) is 8.25. The van der Waals surface area contributed by atoms with Gasteiger partial charge in [-0.15, -0.1) is 12.4 Å². The second-order valence-electron chi connectivity index (χ2n) is 7.23. The van der Waals surface area contributed by atoms with Crippen LogP contribution in [0.5, 0.6) is 0 Å². The number of rotatable bonds is 5. The number of hydrogen-bond acceptors (Lipinski definition) is 3. The van der Waals surface area contributed by atoms with Crippen molar-refractivity contribution in [2.45, 2.75) is 81.7 Å². The molecule has 2 aliphatic heterocycles. The minimum atomic E-state index is 0. The van der Waals surface area contributed by atoms with Gasteiger partial charge < -0.3 is 10.2 Å². The Labute approximate surface area is 145 Å². The van der Waals surface area contributed by atoms with Crippen molar-refractivity contribution in [1.29, 1.82) is 0 Å². The molecule has 0 aromatic heterocycles. The van der Waals surface area contributed by atoms with Gasteiger partial charge >= 0.3 is 0 Å². The van der Waals surface area contributed by atoms with Gasteiger partial charge in [-0.25, -0.2) is 0 Å². The first-order chi connectivity index (χ1) is 10.2. The molecule has 0 spiro atoms. The third kappa shape index (κ3) is 4.33. The molecule has 1 saturated carbocycles. The summed E-state index contributed by atoms with van der Waals surface area (Å²) in [7, 11) is 2.04. The van der Waals surface area contributed by atoms with Crippen LogP contribution in [0.2, 0.25) is 0 Å². The summed E-state index contributed by atoms with van der Waals surface area (Å²) in [5.74, 6) is 2.22. The van der Waals surface area contributed by atoms with Crippen LogP contribution in [-0.2, 0) is 4.79 Å². The van der Waals surface area contributed by atoms with Gasteiger partial charge in [-0.2, -0.15) is 11.8 Å². The SMILES string of the molecule is CCSC1CCC(N(C)C(=O)CC2CC3CCC(C2)N3)C1.Cl. The Balaban J connectivity index is 0.00000176. The number of nitrogens with zero attached hydrogens (tertiary/aromatic N) is 1. The van der Waals surface area contributed by atoms with Gasteiger partial charge in [-0.05, 0) is 56.6 Å². The Hall–Kier alpha value is 0.0700. The minimum Gasteiger partial charge on any atom is -0.343 e. The minimum absolute atomic E-state index is 0. The third-order valence-electron chi connectivity index (χ3n) is 5.73. The lowest BCUT2D eigenvalue weighted by Gasteiger charge is -2.31. The van der Waals surface area contributed by atoms with Crippen molar-refractivity contribution >= 4 is 30.1 Å². The molecule has 5 heteroatoms. The summed E-state index contributed by atoms with van der Waals surface area (Å²) >= 11 is 2.07. The fraction of sp³-hybridized carbons (Fsp3) is 0.941.